The van der Waals surface area contributed by atoms with E-state index in [0.717, 1.165) is 0 Å². The minimum absolute atomic E-state index is 0.0532. The normalized spacial score (nSPS) is 21.9. The molecule has 1 saturated heterocycles. The molecule has 104 valence electrons. The highest BCUT2D eigenvalue weighted by molar-refractivity contribution is 5.86. The first-order valence-electron chi connectivity index (χ1n) is 6.36. The predicted molar refractivity (Wildman–Crippen MR) is 70.1 cm³/mol. The molecule has 1 aliphatic heterocycles. The van der Waals surface area contributed by atoms with Crippen LogP contribution in [0.15, 0.2) is 0 Å². The number of hydrogen-bond acceptors (Lipinski definition) is 4. The number of amides is 2. The molecule has 3 N–H and O–H groups in total. The van der Waals surface area contributed by atoms with Gasteiger partial charge in [0.25, 0.3) is 0 Å². The number of carbonyl (C=O) groups excluding carboxylic acids is 2. The second kappa shape index (κ2) is 6.70. The zero-order chi connectivity index (χ0) is 13.7. The SMILES string of the molecule is CC(C)C(CNC(=O)C1CNC(=O)CN1)N(C)C. The van der Waals surface area contributed by atoms with Gasteiger partial charge in [-0.2, -0.15) is 0 Å². The Hall–Kier alpha value is -1.14. The molecule has 0 aromatic heterocycles. The first-order chi connectivity index (χ1) is 8.41. The van der Waals surface area contributed by atoms with Gasteiger partial charge in [0.15, 0.2) is 0 Å². The van der Waals surface area contributed by atoms with Gasteiger partial charge < -0.3 is 15.5 Å². The van der Waals surface area contributed by atoms with E-state index in [1.54, 1.807) is 0 Å². The van der Waals surface area contributed by atoms with Crippen LogP contribution in [0.5, 0.6) is 0 Å². The van der Waals surface area contributed by atoms with Crippen molar-refractivity contribution in [2.75, 3.05) is 33.7 Å². The highest BCUT2D eigenvalue weighted by atomic mass is 16.2. The lowest BCUT2D eigenvalue weighted by atomic mass is 10.0. The zero-order valence-corrected chi connectivity index (χ0v) is 11.6. The summed E-state index contributed by atoms with van der Waals surface area (Å²) in [7, 11) is 4.02. The van der Waals surface area contributed by atoms with Gasteiger partial charge >= 0.3 is 0 Å². The fraction of sp³-hybridized carbons (Fsp3) is 0.833. The minimum atomic E-state index is -0.322. The number of likely N-dealkylation sites (N-methyl/N-ethyl adjacent to an activating group) is 1. The van der Waals surface area contributed by atoms with Gasteiger partial charge in [-0.15, -0.1) is 0 Å². The number of rotatable bonds is 5. The topological polar surface area (TPSA) is 73.5 Å². The Morgan fingerprint density at radius 3 is 2.61 bits per heavy atom. The summed E-state index contributed by atoms with van der Waals surface area (Å²) in [5, 5.41) is 8.52. The van der Waals surface area contributed by atoms with E-state index < -0.39 is 0 Å². The van der Waals surface area contributed by atoms with Crippen LogP contribution in [0.1, 0.15) is 13.8 Å². The predicted octanol–water partition coefficient (Wildman–Crippen LogP) is -1.22. The van der Waals surface area contributed by atoms with Crippen molar-refractivity contribution in [3.05, 3.63) is 0 Å². The van der Waals surface area contributed by atoms with Crippen LogP contribution in [-0.4, -0.2) is 62.5 Å². The largest absolute Gasteiger partial charge is 0.353 e. The Morgan fingerprint density at radius 2 is 2.17 bits per heavy atom. The Kier molecular flexibility index (Phi) is 5.55. The molecule has 18 heavy (non-hydrogen) atoms. The third-order valence-corrected chi connectivity index (χ3v) is 3.25. The molecule has 1 rings (SSSR count). The summed E-state index contributed by atoms with van der Waals surface area (Å²) < 4.78 is 0. The summed E-state index contributed by atoms with van der Waals surface area (Å²) in [6.07, 6.45) is 0. The summed E-state index contributed by atoms with van der Waals surface area (Å²) in [5.74, 6) is 0.356. The molecular formula is C12H24N4O2. The molecule has 0 spiro atoms. The Morgan fingerprint density at radius 1 is 1.50 bits per heavy atom. The van der Waals surface area contributed by atoms with Gasteiger partial charge in [-0.3, -0.25) is 14.9 Å². The summed E-state index contributed by atoms with van der Waals surface area (Å²) in [6, 6.07) is -0.00944. The molecule has 0 aliphatic carbocycles. The van der Waals surface area contributed by atoms with Crippen LogP contribution in [0, 0.1) is 5.92 Å². The zero-order valence-electron chi connectivity index (χ0n) is 11.6. The van der Waals surface area contributed by atoms with Crippen molar-refractivity contribution in [3.8, 4) is 0 Å². The second-order valence-corrected chi connectivity index (χ2v) is 5.26. The monoisotopic (exact) mass is 256 g/mol. The van der Waals surface area contributed by atoms with E-state index in [2.05, 4.69) is 34.7 Å². The maximum Gasteiger partial charge on any atom is 0.239 e. The number of nitrogens with one attached hydrogen (secondary N) is 3. The second-order valence-electron chi connectivity index (χ2n) is 5.26. The molecule has 2 amide bonds. The third kappa shape index (κ3) is 4.27. The van der Waals surface area contributed by atoms with Crippen LogP contribution < -0.4 is 16.0 Å². The van der Waals surface area contributed by atoms with E-state index >= 15 is 0 Å². The van der Waals surface area contributed by atoms with E-state index in [9.17, 15) is 9.59 Å². The maximum absolute atomic E-state index is 11.9. The molecular weight excluding hydrogens is 232 g/mol. The van der Waals surface area contributed by atoms with Crippen LogP contribution in [0.3, 0.4) is 0 Å². The molecule has 6 heteroatoms. The average Bonchev–Trinajstić information content (AvgIpc) is 2.28. The Labute approximate surface area is 108 Å². The highest BCUT2D eigenvalue weighted by Crippen LogP contribution is 2.06. The van der Waals surface area contributed by atoms with E-state index in [4.69, 9.17) is 0 Å². The summed E-state index contributed by atoms with van der Waals surface area (Å²) in [6.45, 7) is 5.46. The fourth-order valence-electron chi connectivity index (χ4n) is 2.09. The van der Waals surface area contributed by atoms with Gasteiger partial charge in [-0.25, -0.2) is 0 Å². The lowest BCUT2D eigenvalue weighted by Crippen LogP contribution is -2.59. The molecule has 0 bridgehead atoms. The van der Waals surface area contributed by atoms with Gasteiger partial charge in [0, 0.05) is 19.1 Å². The van der Waals surface area contributed by atoms with Crippen molar-refractivity contribution < 1.29 is 9.59 Å². The van der Waals surface area contributed by atoms with Crippen LogP contribution >= 0.6 is 0 Å². The van der Waals surface area contributed by atoms with Gasteiger partial charge in [-0.1, -0.05) is 13.8 Å². The first-order valence-corrected chi connectivity index (χ1v) is 6.36. The van der Waals surface area contributed by atoms with Gasteiger partial charge in [-0.05, 0) is 20.0 Å². The number of nitrogens with zero attached hydrogens (tertiary/aromatic N) is 1. The minimum Gasteiger partial charge on any atom is -0.353 e. The van der Waals surface area contributed by atoms with Crippen molar-refractivity contribution >= 4 is 11.8 Å². The summed E-state index contributed by atoms with van der Waals surface area (Å²) in [5.41, 5.74) is 0. The van der Waals surface area contributed by atoms with Crippen molar-refractivity contribution in [3.63, 3.8) is 0 Å². The molecule has 0 saturated carbocycles. The highest BCUT2D eigenvalue weighted by Gasteiger charge is 2.24. The molecule has 1 aliphatic rings. The Bertz CT molecular complexity index is 286. The van der Waals surface area contributed by atoms with Crippen LogP contribution in [0.25, 0.3) is 0 Å². The van der Waals surface area contributed by atoms with Crippen LogP contribution in [-0.2, 0) is 9.59 Å². The Balaban J connectivity index is 2.38. The van der Waals surface area contributed by atoms with E-state index in [1.807, 2.05) is 14.1 Å². The summed E-state index contributed by atoms with van der Waals surface area (Å²) in [4.78, 5) is 25.0. The van der Waals surface area contributed by atoms with Crippen LogP contribution in [0.2, 0.25) is 0 Å². The molecule has 2 atom stereocenters. The lowest BCUT2D eigenvalue weighted by Gasteiger charge is -2.29. The van der Waals surface area contributed by atoms with Crippen LogP contribution in [0.4, 0.5) is 0 Å². The van der Waals surface area contributed by atoms with E-state index in [-0.39, 0.29) is 24.4 Å². The third-order valence-electron chi connectivity index (χ3n) is 3.25. The summed E-state index contributed by atoms with van der Waals surface area (Å²) >= 11 is 0. The molecule has 0 radical (unpaired) electrons. The van der Waals surface area contributed by atoms with Crippen molar-refractivity contribution in [2.45, 2.75) is 25.9 Å². The molecule has 1 heterocycles. The van der Waals surface area contributed by atoms with Gasteiger partial charge in [0.05, 0.1) is 6.54 Å². The lowest BCUT2D eigenvalue weighted by molar-refractivity contribution is -0.126. The van der Waals surface area contributed by atoms with Crippen molar-refractivity contribution in [2.24, 2.45) is 5.92 Å². The van der Waals surface area contributed by atoms with Gasteiger partial charge in [0.2, 0.25) is 11.8 Å². The molecule has 0 aromatic rings. The standard InChI is InChI=1S/C12H24N4O2/c1-8(2)10(16(3)4)6-15-12(18)9-5-14-11(17)7-13-9/h8-10,13H,5-7H2,1-4H3,(H,14,17)(H,15,18). The smallest absolute Gasteiger partial charge is 0.239 e. The average molecular weight is 256 g/mol. The van der Waals surface area contributed by atoms with Crippen molar-refractivity contribution in [1.29, 1.82) is 0 Å². The van der Waals surface area contributed by atoms with Gasteiger partial charge in [0.1, 0.15) is 6.04 Å². The maximum atomic E-state index is 11.9. The molecule has 0 aromatic carbocycles. The number of piperazine rings is 1. The van der Waals surface area contributed by atoms with Crippen molar-refractivity contribution in [1.82, 2.24) is 20.9 Å². The number of carbonyl (C=O) groups is 2. The number of hydrogen-bond donors (Lipinski definition) is 3. The first kappa shape index (κ1) is 14.9. The fourth-order valence-corrected chi connectivity index (χ4v) is 2.09. The molecule has 6 nitrogen and oxygen atoms in total. The van der Waals surface area contributed by atoms with E-state index in [1.165, 1.54) is 0 Å². The molecule has 1 fully saturated rings. The quantitative estimate of drug-likeness (QED) is 0.576. The van der Waals surface area contributed by atoms with E-state index in [0.29, 0.717) is 25.0 Å². The molecule has 2 unspecified atom stereocenters.